The van der Waals surface area contributed by atoms with Gasteiger partial charge in [-0.1, -0.05) is 0 Å². The smallest absolute Gasteiger partial charge is 0.305 e. The van der Waals surface area contributed by atoms with Gasteiger partial charge in [0.1, 0.15) is 0 Å². The van der Waals surface area contributed by atoms with E-state index in [4.69, 9.17) is 5.11 Å². The van der Waals surface area contributed by atoms with E-state index in [2.05, 4.69) is 0 Å². The summed E-state index contributed by atoms with van der Waals surface area (Å²) in [7, 11) is 1.92. The van der Waals surface area contributed by atoms with Crippen LogP contribution in [0, 0.1) is 6.92 Å². The van der Waals surface area contributed by atoms with E-state index in [0.29, 0.717) is 6.54 Å². The van der Waals surface area contributed by atoms with Gasteiger partial charge >= 0.3 is 5.97 Å². The predicted octanol–water partition coefficient (Wildman–Crippen LogP) is 1.97. The van der Waals surface area contributed by atoms with Crippen molar-refractivity contribution < 1.29 is 9.90 Å². The lowest BCUT2D eigenvalue weighted by molar-refractivity contribution is -0.136. The zero-order chi connectivity index (χ0) is 9.84. The van der Waals surface area contributed by atoms with Crippen molar-refractivity contribution in [2.24, 2.45) is 0 Å². The van der Waals surface area contributed by atoms with E-state index in [-0.39, 0.29) is 6.42 Å². The number of aliphatic carboxylic acids is 1. The monoisotopic (exact) mass is 199 g/mol. The van der Waals surface area contributed by atoms with E-state index >= 15 is 0 Å². The van der Waals surface area contributed by atoms with Crippen LogP contribution >= 0.6 is 11.3 Å². The first-order chi connectivity index (χ1) is 6.11. The summed E-state index contributed by atoms with van der Waals surface area (Å²) in [5, 5.41) is 11.7. The van der Waals surface area contributed by atoms with Crippen molar-refractivity contribution in [1.82, 2.24) is 0 Å². The Bertz CT molecular complexity index is 296. The molecule has 0 radical (unpaired) electrons. The number of hydrogen-bond acceptors (Lipinski definition) is 3. The molecule has 0 saturated carbocycles. The molecule has 0 aliphatic rings. The molecule has 0 bridgehead atoms. The molecule has 1 rings (SSSR count). The topological polar surface area (TPSA) is 40.5 Å². The van der Waals surface area contributed by atoms with Crippen LogP contribution in [-0.4, -0.2) is 24.7 Å². The molecule has 0 aliphatic carbocycles. The first-order valence-corrected chi connectivity index (χ1v) is 4.96. The van der Waals surface area contributed by atoms with Gasteiger partial charge in [0.05, 0.1) is 11.4 Å². The molecule has 0 amide bonds. The number of aryl methyl sites for hydroxylation is 1. The van der Waals surface area contributed by atoms with Crippen LogP contribution in [0.1, 0.15) is 12.0 Å². The third-order valence-corrected chi connectivity index (χ3v) is 2.97. The van der Waals surface area contributed by atoms with Gasteiger partial charge < -0.3 is 10.0 Å². The lowest BCUT2D eigenvalue weighted by Gasteiger charge is -2.16. The first kappa shape index (κ1) is 10.1. The fourth-order valence-corrected chi connectivity index (χ4v) is 2.05. The molecule has 0 atom stereocenters. The van der Waals surface area contributed by atoms with Gasteiger partial charge in [-0.25, -0.2) is 0 Å². The number of carboxylic acids is 1. The molecule has 0 spiro atoms. The summed E-state index contributed by atoms with van der Waals surface area (Å²) >= 11 is 1.64. The Balaban J connectivity index is 2.53. The number of carbonyl (C=O) groups is 1. The zero-order valence-corrected chi connectivity index (χ0v) is 8.60. The van der Waals surface area contributed by atoms with Crippen molar-refractivity contribution in [3.8, 4) is 0 Å². The Labute approximate surface area is 81.6 Å². The second-order valence-electron chi connectivity index (χ2n) is 2.97. The molecular weight excluding hydrogens is 186 g/mol. The van der Waals surface area contributed by atoms with Crippen molar-refractivity contribution >= 4 is 22.3 Å². The van der Waals surface area contributed by atoms with Crippen LogP contribution in [0.3, 0.4) is 0 Å². The average Bonchev–Trinajstić information content (AvgIpc) is 2.47. The SMILES string of the molecule is Cc1ccsc1N(C)CCC(=O)O. The summed E-state index contributed by atoms with van der Waals surface area (Å²) in [6.07, 6.45) is 0.188. The summed E-state index contributed by atoms with van der Waals surface area (Å²) in [5.41, 5.74) is 1.21. The molecular formula is C9H13NO2S. The van der Waals surface area contributed by atoms with Crippen LogP contribution in [-0.2, 0) is 4.79 Å². The van der Waals surface area contributed by atoms with Gasteiger partial charge in [0.25, 0.3) is 0 Å². The summed E-state index contributed by atoms with van der Waals surface area (Å²) in [4.78, 5) is 12.3. The number of rotatable bonds is 4. The van der Waals surface area contributed by atoms with Gasteiger partial charge in [-0.3, -0.25) is 4.79 Å². The third-order valence-electron chi connectivity index (χ3n) is 1.84. The molecule has 0 unspecified atom stereocenters. The summed E-state index contributed by atoms with van der Waals surface area (Å²) in [6, 6.07) is 2.04. The molecule has 3 nitrogen and oxygen atoms in total. The van der Waals surface area contributed by atoms with Crippen LogP contribution in [0.15, 0.2) is 11.4 Å². The fourth-order valence-electron chi connectivity index (χ4n) is 1.12. The molecule has 4 heteroatoms. The van der Waals surface area contributed by atoms with E-state index in [1.54, 1.807) is 11.3 Å². The van der Waals surface area contributed by atoms with Crippen LogP contribution < -0.4 is 4.90 Å². The van der Waals surface area contributed by atoms with Crippen molar-refractivity contribution in [3.63, 3.8) is 0 Å². The van der Waals surface area contributed by atoms with E-state index in [9.17, 15) is 4.79 Å². The fraction of sp³-hybridized carbons (Fsp3) is 0.444. The second kappa shape index (κ2) is 4.28. The maximum Gasteiger partial charge on any atom is 0.305 e. The van der Waals surface area contributed by atoms with Crippen molar-refractivity contribution in [1.29, 1.82) is 0 Å². The zero-order valence-electron chi connectivity index (χ0n) is 7.78. The number of thiophene rings is 1. The van der Waals surface area contributed by atoms with Crippen LogP contribution in [0.25, 0.3) is 0 Å². The predicted molar refractivity (Wildman–Crippen MR) is 54.6 cm³/mol. The Morgan fingerprint density at radius 3 is 2.85 bits per heavy atom. The van der Waals surface area contributed by atoms with Crippen LogP contribution in [0.2, 0.25) is 0 Å². The summed E-state index contributed by atoms with van der Waals surface area (Å²) in [5.74, 6) is -0.749. The molecule has 13 heavy (non-hydrogen) atoms. The highest BCUT2D eigenvalue weighted by molar-refractivity contribution is 7.14. The first-order valence-electron chi connectivity index (χ1n) is 4.08. The second-order valence-corrected chi connectivity index (χ2v) is 3.87. The average molecular weight is 199 g/mol. The summed E-state index contributed by atoms with van der Waals surface area (Å²) < 4.78 is 0. The highest BCUT2D eigenvalue weighted by Crippen LogP contribution is 2.25. The molecule has 1 aromatic heterocycles. The van der Waals surface area contributed by atoms with Gasteiger partial charge in [-0.05, 0) is 23.9 Å². The molecule has 72 valence electrons. The Morgan fingerprint density at radius 2 is 2.38 bits per heavy atom. The number of carboxylic acid groups (broad SMARTS) is 1. The lowest BCUT2D eigenvalue weighted by Crippen LogP contribution is -2.20. The minimum atomic E-state index is -0.749. The largest absolute Gasteiger partial charge is 0.481 e. The Morgan fingerprint density at radius 1 is 1.69 bits per heavy atom. The van der Waals surface area contributed by atoms with Crippen LogP contribution in [0.4, 0.5) is 5.00 Å². The third kappa shape index (κ3) is 2.73. The van der Waals surface area contributed by atoms with Gasteiger partial charge in [0.2, 0.25) is 0 Å². The van der Waals surface area contributed by atoms with Crippen molar-refractivity contribution in [2.45, 2.75) is 13.3 Å². The van der Waals surface area contributed by atoms with E-state index in [1.165, 1.54) is 5.56 Å². The van der Waals surface area contributed by atoms with Gasteiger partial charge in [0.15, 0.2) is 0 Å². The minimum absolute atomic E-state index is 0.188. The maximum absolute atomic E-state index is 10.3. The number of anilines is 1. The van der Waals surface area contributed by atoms with Crippen LogP contribution in [0.5, 0.6) is 0 Å². The maximum atomic E-state index is 10.3. The molecule has 1 aromatic rings. The quantitative estimate of drug-likeness (QED) is 0.806. The Hall–Kier alpha value is -1.03. The summed E-state index contributed by atoms with van der Waals surface area (Å²) in [6.45, 7) is 2.60. The van der Waals surface area contributed by atoms with E-state index in [0.717, 1.165) is 5.00 Å². The van der Waals surface area contributed by atoms with Gasteiger partial charge in [-0.2, -0.15) is 0 Å². The standard InChI is InChI=1S/C9H13NO2S/c1-7-4-6-13-9(7)10(2)5-3-8(11)12/h4,6H,3,5H2,1-2H3,(H,11,12). The normalized spacial score (nSPS) is 10.0. The molecule has 0 aliphatic heterocycles. The number of nitrogens with zero attached hydrogens (tertiary/aromatic N) is 1. The molecule has 1 heterocycles. The Kier molecular flexibility index (Phi) is 3.31. The highest BCUT2D eigenvalue weighted by Gasteiger charge is 2.07. The van der Waals surface area contributed by atoms with Crippen molar-refractivity contribution in [2.75, 3.05) is 18.5 Å². The number of hydrogen-bond donors (Lipinski definition) is 1. The minimum Gasteiger partial charge on any atom is -0.481 e. The van der Waals surface area contributed by atoms with Gasteiger partial charge in [0, 0.05) is 13.6 Å². The van der Waals surface area contributed by atoms with Gasteiger partial charge in [-0.15, -0.1) is 11.3 Å². The van der Waals surface area contributed by atoms with E-state index < -0.39 is 5.97 Å². The highest BCUT2D eigenvalue weighted by atomic mass is 32.1. The molecule has 0 aromatic carbocycles. The lowest BCUT2D eigenvalue weighted by atomic mass is 10.3. The molecule has 1 N–H and O–H groups in total. The molecule has 0 saturated heterocycles. The van der Waals surface area contributed by atoms with Crippen molar-refractivity contribution in [3.05, 3.63) is 17.0 Å². The van der Waals surface area contributed by atoms with E-state index in [1.807, 2.05) is 30.3 Å². The molecule has 0 fully saturated rings.